The normalized spacial score (nSPS) is 25.2. The van der Waals surface area contributed by atoms with Gasteiger partial charge in [0.15, 0.2) is 17.9 Å². The first kappa shape index (κ1) is 23.7. The van der Waals surface area contributed by atoms with Gasteiger partial charge in [0.05, 0.1) is 13.2 Å². The average Bonchev–Trinajstić information content (AvgIpc) is 2.78. The number of ether oxygens (including phenoxy) is 2. The van der Waals surface area contributed by atoms with Gasteiger partial charge in [-0.25, -0.2) is 8.78 Å². The molecule has 1 aromatic rings. The van der Waals surface area contributed by atoms with E-state index < -0.39 is 17.9 Å². The van der Waals surface area contributed by atoms with Crippen molar-refractivity contribution in [3.8, 4) is 0 Å². The van der Waals surface area contributed by atoms with E-state index in [1.807, 2.05) is 0 Å². The summed E-state index contributed by atoms with van der Waals surface area (Å²) in [7, 11) is 0. The first-order valence-corrected chi connectivity index (χ1v) is 12.3. The number of benzene rings is 1. The third kappa shape index (κ3) is 5.62. The molecule has 0 N–H and O–H groups in total. The highest BCUT2D eigenvalue weighted by Crippen LogP contribution is 2.53. The van der Waals surface area contributed by atoms with Gasteiger partial charge in [0.25, 0.3) is 0 Å². The fourth-order valence-corrected chi connectivity index (χ4v) is 5.93. The first-order chi connectivity index (χ1) is 14.6. The van der Waals surface area contributed by atoms with Crippen LogP contribution in [-0.2, 0) is 9.47 Å². The Morgan fingerprint density at radius 1 is 0.900 bits per heavy atom. The van der Waals surface area contributed by atoms with Crippen LogP contribution in [-0.4, -0.2) is 13.2 Å². The molecule has 0 bridgehead atoms. The van der Waals surface area contributed by atoms with Crippen molar-refractivity contribution in [2.24, 2.45) is 17.3 Å². The van der Waals surface area contributed by atoms with Gasteiger partial charge in [-0.1, -0.05) is 77.7 Å². The molecule has 1 atom stereocenters. The second kappa shape index (κ2) is 11.6. The van der Waals surface area contributed by atoms with Gasteiger partial charge in [0, 0.05) is 11.5 Å². The second-order valence-electron chi connectivity index (χ2n) is 9.50. The van der Waals surface area contributed by atoms with Crippen molar-refractivity contribution in [1.82, 2.24) is 0 Å². The van der Waals surface area contributed by atoms with E-state index in [4.69, 9.17) is 9.47 Å². The van der Waals surface area contributed by atoms with Crippen LogP contribution in [0, 0.1) is 28.9 Å². The highest BCUT2D eigenvalue weighted by Gasteiger charge is 2.46. The van der Waals surface area contributed by atoms with Crippen molar-refractivity contribution in [3.05, 3.63) is 35.4 Å². The lowest BCUT2D eigenvalue weighted by atomic mass is 9.57. The molecule has 1 saturated heterocycles. The summed E-state index contributed by atoms with van der Waals surface area (Å²) in [5.74, 6) is -0.557. The maximum Gasteiger partial charge on any atom is 0.183 e. The molecule has 0 radical (unpaired) electrons. The summed E-state index contributed by atoms with van der Waals surface area (Å²) < 4.78 is 39.1. The van der Waals surface area contributed by atoms with Crippen molar-refractivity contribution in [3.63, 3.8) is 0 Å². The molecule has 0 spiro atoms. The molecular formula is C26H40F2O2. The molecule has 3 rings (SSSR count). The van der Waals surface area contributed by atoms with Crippen LogP contribution >= 0.6 is 0 Å². The summed E-state index contributed by atoms with van der Waals surface area (Å²) in [6, 6.07) is 3.91. The third-order valence-corrected chi connectivity index (χ3v) is 7.57. The van der Waals surface area contributed by atoms with Crippen LogP contribution < -0.4 is 0 Å². The Hall–Kier alpha value is -1.00. The number of hydrogen-bond donors (Lipinski definition) is 0. The fourth-order valence-electron chi connectivity index (χ4n) is 5.93. The molecule has 1 aliphatic carbocycles. The first-order valence-electron chi connectivity index (χ1n) is 12.3. The van der Waals surface area contributed by atoms with Crippen molar-refractivity contribution in [2.45, 2.75) is 97.2 Å². The lowest BCUT2D eigenvalue weighted by molar-refractivity contribution is -0.233. The van der Waals surface area contributed by atoms with E-state index in [-0.39, 0.29) is 0 Å². The third-order valence-electron chi connectivity index (χ3n) is 7.57. The van der Waals surface area contributed by atoms with Crippen LogP contribution in [0.5, 0.6) is 0 Å². The molecule has 0 aromatic heterocycles. The Balaban J connectivity index is 1.69. The molecule has 30 heavy (non-hydrogen) atoms. The van der Waals surface area contributed by atoms with Gasteiger partial charge in [-0.2, -0.15) is 0 Å². The second-order valence-corrected chi connectivity index (χ2v) is 9.50. The average molecular weight is 423 g/mol. The van der Waals surface area contributed by atoms with E-state index in [2.05, 4.69) is 13.8 Å². The zero-order chi connectivity index (χ0) is 21.4. The predicted molar refractivity (Wildman–Crippen MR) is 117 cm³/mol. The lowest BCUT2D eigenvalue weighted by Gasteiger charge is -2.51. The Morgan fingerprint density at radius 2 is 1.63 bits per heavy atom. The topological polar surface area (TPSA) is 18.5 Å². The SMILES string of the molecule is CCCCCCC(CCC)C1(C2COC(c3ccc(F)c(F)c3)OC2)CCCCC1. The molecule has 4 heteroatoms. The van der Waals surface area contributed by atoms with Crippen molar-refractivity contribution >= 4 is 0 Å². The highest BCUT2D eigenvalue weighted by atomic mass is 19.2. The zero-order valence-electron chi connectivity index (χ0n) is 18.9. The standard InChI is InChI=1S/C26H40F2O2/c1-3-5-6-8-12-21(11-4-2)26(15-9-7-10-16-26)22-18-29-25(30-19-22)20-13-14-23(27)24(28)17-20/h13-14,17,21-22,25H,3-12,15-16,18-19H2,1-2H3. The zero-order valence-corrected chi connectivity index (χ0v) is 18.9. The van der Waals surface area contributed by atoms with E-state index in [1.54, 1.807) is 6.07 Å². The Labute approximate surface area is 181 Å². The molecule has 0 amide bonds. The summed E-state index contributed by atoms with van der Waals surface area (Å²) in [4.78, 5) is 0. The van der Waals surface area contributed by atoms with Crippen molar-refractivity contribution in [2.75, 3.05) is 13.2 Å². The molecule has 2 aliphatic rings. The van der Waals surface area contributed by atoms with Crippen LogP contribution in [0.15, 0.2) is 18.2 Å². The molecule has 1 heterocycles. The summed E-state index contributed by atoms with van der Waals surface area (Å²) >= 11 is 0. The quantitative estimate of drug-likeness (QED) is 0.356. The van der Waals surface area contributed by atoms with Crippen LogP contribution in [0.4, 0.5) is 8.78 Å². The monoisotopic (exact) mass is 422 g/mol. The molecular weight excluding hydrogens is 382 g/mol. The Bertz CT molecular complexity index is 634. The number of halogens is 2. The van der Waals surface area contributed by atoms with Gasteiger partial charge in [-0.15, -0.1) is 0 Å². The van der Waals surface area contributed by atoms with E-state index in [9.17, 15) is 8.78 Å². The Morgan fingerprint density at radius 3 is 2.27 bits per heavy atom. The van der Waals surface area contributed by atoms with E-state index >= 15 is 0 Å². The van der Waals surface area contributed by atoms with E-state index in [0.717, 1.165) is 12.0 Å². The summed E-state index contributed by atoms with van der Waals surface area (Å²) in [5, 5.41) is 0. The minimum atomic E-state index is -0.847. The number of rotatable bonds is 10. The van der Waals surface area contributed by atoms with Crippen LogP contribution in [0.1, 0.15) is 103 Å². The van der Waals surface area contributed by atoms with Gasteiger partial charge in [0.1, 0.15) is 0 Å². The van der Waals surface area contributed by atoms with Gasteiger partial charge >= 0.3 is 0 Å². The van der Waals surface area contributed by atoms with Crippen LogP contribution in [0.2, 0.25) is 0 Å². The van der Waals surface area contributed by atoms with Crippen LogP contribution in [0.3, 0.4) is 0 Å². The lowest BCUT2D eigenvalue weighted by Crippen LogP contribution is -2.46. The van der Waals surface area contributed by atoms with Crippen LogP contribution in [0.25, 0.3) is 0 Å². The highest BCUT2D eigenvalue weighted by molar-refractivity contribution is 5.19. The van der Waals surface area contributed by atoms with Gasteiger partial charge < -0.3 is 9.47 Å². The van der Waals surface area contributed by atoms with Crippen molar-refractivity contribution in [1.29, 1.82) is 0 Å². The number of hydrogen-bond acceptors (Lipinski definition) is 2. The minimum Gasteiger partial charge on any atom is -0.348 e. The van der Waals surface area contributed by atoms with E-state index in [0.29, 0.717) is 30.1 Å². The molecule has 1 unspecified atom stereocenters. The number of unbranched alkanes of at least 4 members (excludes halogenated alkanes) is 3. The fraction of sp³-hybridized carbons (Fsp3) is 0.769. The molecule has 1 aromatic carbocycles. The molecule has 170 valence electrons. The maximum atomic E-state index is 13.6. The summed E-state index contributed by atoms with van der Waals surface area (Å²) in [6.45, 7) is 5.88. The molecule has 2 fully saturated rings. The largest absolute Gasteiger partial charge is 0.348 e. The van der Waals surface area contributed by atoms with E-state index in [1.165, 1.54) is 83.1 Å². The predicted octanol–water partition coefficient (Wildman–Crippen LogP) is 7.96. The molecule has 1 saturated carbocycles. The Kier molecular flexibility index (Phi) is 9.13. The van der Waals surface area contributed by atoms with Crippen molar-refractivity contribution < 1.29 is 18.3 Å². The minimum absolute atomic E-state index is 0.305. The van der Waals surface area contributed by atoms with Gasteiger partial charge in [0.2, 0.25) is 0 Å². The maximum absolute atomic E-state index is 13.6. The molecule has 1 aliphatic heterocycles. The van der Waals surface area contributed by atoms with Gasteiger partial charge in [-0.3, -0.25) is 0 Å². The summed E-state index contributed by atoms with van der Waals surface area (Å²) in [5.41, 5.74) is 0.870. The smallest absolute Gasteiger partial charge is 0.183 e. The molecule has 2 nitrogen and oxygen atoms in total. The van der Waals surface area contributed by atoms with Gasteiger partial charge in [-0.05, 0) is 42.7 Å². The summed E-state index contributed by atoms with van der Waals surface area (Å²) in [6.07, 6.45) is 15.0.